The van der Waals surface area contributed by atoms with Crippen molar-refractivity contribution in [3.8, 4) is 5.75 Å². The number of carbonyl (C=O) groups excluding carboxylic acids is 1. The molecule has 0 bridgehead atoms. The summed E-state index contributed by atoms with van der Waals surface area (Å²) in [6.07, 6.45) is 1.72. The number of rotatable bonds is 9. The molecular weight excluding hydrogens is 270 g/mol. The van der Waals surface area contributed by atoms with Gasteiger partial charge in [0.15, 0.2) is 0 Å². The van der Waals surface area contributed by atoms with E-state index >= 15 is 0 Å². The minimum absolute atomic E-state index is 0.0430. The van der Waals surface area contributed by atoms with Crippen LogP contribution in [0.2, 0.25) is 0 Å². The monoisotopic (exact) mass is 293 g/mol. The van der Waals surface area contributed by atoms with Crippen LogP contribution in [0.15, 0.2) is 24.3 Å². The number of amides is 1. The molecule has 1 rings (SSSR count). The van der Waals surface area contributed by atoms with Crippen molar-refractivity contribution in [3.05, 3.63) is 29.8 Å². The maximum atomic E-state index is 12.0. The Morgan fingerprint density at radius 2 is 1.90 bits per heavy atom. The predicted molar refractivity (Wildman–Crippen MR) is 80.6 cm³/mol. The molecule has 1 atom stereocenters. The summed E-state index contributed by atoms with van der Waals surface area (Å²) in [4.78, 5) is 22.7. The summed E-state index contributed by atoms with van der Waals surface area (Å²) in [6, 6.07) is 6.94. The van der Waals surface area contributed by atoms with Gasteiger partial charge in [-0.3, -0.25) is 9.59 Å². The zero-order chi connectivity index (χ0) is 15.7. The maximum absolute atomic E-state index is 12.0. The Bertz CT molecular complexity index is 456. The topological polar surface area (TPSA) is 75.6 Å². The number of carboxylic acid groups (broad SMARTS) is 1. The Morgan fingerprint density at radius 3 is 2.43 bits per heavy atom. The van der Waals surface area contributed by atoms with Gasteiger partial charge in [-0.1, -0.05) is 20.3 Å². The third-order valence-electron chi connectivity index (χ3n) is 3.18. The van der Waals surface area contributed by atoms with Crippen molar-refractivity contribution in [1.82, 2.24) is 5.32 Å². The highest BCUT2D eigenvalue weighted by Crippen LogP contribution is 2.13. The van der Waals surface area contributed by atoms with Gasteiger partial charge < -0.3 is 15.2 Å². The van der Waals surface area contributed by atoms with Crippen molar-refractivity contribution in [2.75, 3.05) is 13.2 Å². The van der Waals surface area contributed by atoms with Crippen LogP contribution in [-0.2, 0) is 4.79 Å². The third-order valence-corrected chi connectivity index (χ3v) is 3.18. The standard InChI is InChI=1S/C16H23NO4/c1-3-9-21-14-7-5-13(6-8-14)16(20)17-11-12(4-2)10-15(18)19/h5-8,12H,3-4,9-11H2,1-2H3,(H,17,20)(H,18,19). The van der Waals surface area contributed by atoms with Gasteiger partial charge in [0.2, 0.25) is 0 Å². The van der Waals surface area contributed by atoms with E-state index in [2.05, 4.69) is 5.32 Å². The summed E-state index contributed by atoms with van der Waals surface area (Å²) in [7, 11) is 0. The van der Waals surface area contributed by atoms with Crippen molar-refractivity contribution >= 4 is 11.9 Å². The van der Waals surface area contributed by atoms with Crippen LogP contribution in [0.25, 0.3) is 0 Å². The molecular formula is C16H23NO4. The van der Waals surface area contributed by atoms with Gasteiger partial charge in [0, 0.05) is 18.5 Å². The molecule has 0 aliphatic heterocycles. The molecule has 0 fully saturated rings. The van der Waals surface area contributed by atoms with Crippen LogP contribution >= 0.6 is 0 Å². The minimum Gasteiger partial charge on any atom is -0.494 e. The summed E-state index contributed by atoms with van der Waals surface area (Å²) in [5, 5.41) is 11.5. The van der Waals surface area contributed by atoms with Crippen molar-refractivity contribution in [2.45, 2.75) is 33.1 Å². The first kappa shape index (κ1) is 17.0. The van der Waals surface area contributed by atoms with Crippen LogP contribution in [0.4, 0.5) is 0 Å². The van der Waals surface area contributed by atoms with E-state index in [1.54, 1.807) is 24.3 Å². The molecule has 1 aromatic rings. The molecule has 1 aromatic carbocycles. The van der Waals surface area contributed by atoms with Crippen LogP contribution in [0.5, 0.6) is 5.75 Å². The van der Waals surface area contributed by atoms with E-state index in [9.17, 15) is 9.59 Å². The molecule has 0 aliphatic carbocycles. The number of carboxylic acids is 1. The number of aliphatic carboxylic acids is 1. The Balaban J connectivity index is 2.49. The van der Waals surface area contributed by atoms with Crippen LogP contribution in [-0.4, -0.2) is 30.1 Å². The fraction of sp³-hybridized carbons (Fsp3) is 0.500. The van der Waals surface area contributed by atoms with Gasteiger partial charge in [0.1, 0.15) is 5.75 Å². The number of carbonyl (C=O) groups is 2. The van der Waals surface area contributed by atoms with Gasteiger partial charge in [-0.15, -0.1) is 0 Å². The lowest BCUT2D eigenvalue weighted by molar-refractivity contribution is -0.138. The molecule has 1 amide bonds. The molecule has 0 aliphatic rings. The normalized spacial score (nSPS) is 11.7. The van der Waals surface area contributed by atoms with Gasteiger partial charge >= 0.3 is 5.97 Å². The Labute approximate surface area is 125 Å². The van der Waals surface area contributed by atoms with Crippen LogP contribution in [0.1, 0.15) is 43.5 Å². The van der Waals surface area contributed by atoms with Gasteiger partial charge in [-0.25, -0.2) is 0 Å². The van der Waals surface area contributed by atoms with E-state index in [0.717, 1.165) is 18.6 Å². The number of nitrogens with one attached hydrogen (secondary N) is 1. The zero-order valence-corrected chi connectivity index (χ0v) is 12.6. The predicted octanol–water partition coefficient (Wildman–Crippen LogP) is 2.71. The second-order valence-electron chi connectivity index (χ2n) is 4.96. The SMILES string of the molecule is CCCOc1ccc(C(=O)NCC(CC)CC(=O)O)cc1. The zero-order valence-electron chi connectivity index (χ0n) is 12.6. The lowest BCUT2D eigenvalue weighted by Crippen LogP contribution is -2.30. The molecule has 116 valence electrons. The molecule has 5 nitrogen and oxygen atoms in total. The van der Waals surface area contributed by atoms with E-state index < -0.39 is 5.97 Å². The second-order valence-corrected chi connectivity index (χ2v) is 4.96. The summed E-state index contributed by atoms with van der Waals surface area (Å²) < 4.78 is 5.45. The van der Waals surface area contributed by atoms with Crippen LogP contribution in [0.3, 0.4) is 0 Å². The fourth-order valence-corrected chi connectivity index (χ4v) is 1.87. The Kier molecular flexibility index (Phi) is 7.29. The fourth-order valence-electron chi connectivity index (χ4n) is 1.87. The summed E-state index contributed by atoms with van der Waals surface area (Å²) in [5.41, 5.74) is 0.545. The molecule has 2 N–H and O–H groups in total. The quantitative estimate of drug-likeness (QED) is 0.734. The molecule has 0 heterocycles. The maximum Gasteiger partial charge on any atom is 0.303 e. The highest BCUT2D eigenvalue weighted by atomic mass is 16.5. The van der Waals surface area contributed by atoms with E-state index in [4.69, 9.17) is 9.84 Å². The van der Waals surface area contributed by atoms with Crippen molar-refractivity contribution in [2.24, 2.45) is 5.92 Å². The average Bonchev–Trinajstić information content (AvgIpc) is 2.49. The molecule has 0 saturated carbocycles. The van der Waals surface area contributed by atoms with Crippen molar-refractivity contribution < 1.29 is 19.4 Å². The van der Waals surface area contributed by atoms with E-state index in [-0.39, 0.29) is 18.2 Å². The van der Waals surface area contributed by atoms with Gasteiger partial charge in [-0.2, -0.15) is 0 Å². The first-order valence-electron chi connectivity index (χ1n) is 7.29. The number of hydrogen-bond donors (Lipinski definition) is 2. The number of ether oxygens (including phenoxy) is 1. The first-order chi connectivity index (χ1) is 10.1. The molecule has 5 heteroatoms. The largest absolute Gasteiger partial charge is 0.494 e. The van der Waals surface area contributed by atoms with E-state index in [1.165, 1.54) is 0 Å². The lowest BCUT2D eigenvalue weighted by atomic mass is 10.0. The summed E-state index contributed by atoms with van der Waals surface area (Å²) in [5.74, 6) is -0.335. The minimum atomic E-state index is -0.839. The molecule has 1 unspecified atom stereocenters. The molecule has 0 radical (unpaired) electrons. The molecule has 0 saturated heterocycles. The molecule has 21 heavy (non-hydrogen) atoms. The van der Waals surface area contributed by atoms with Crippen LogP contribution < -0.4 is 10.1 Å². The number of hydrogen-bond acceptors (Lipinski definition) is 3. The summed E-state index contributed by atoms with van der Waals surface area (Å²) >= 11 is 0. The van der Waals surface area contributed by atoms with Crippen LogP contribution in [0, 0.1) is 5.92 Å². The van der Waals surface area contributed by atoms with Crippen molar-refractivity contribution in [3.63, 3.8) is 0 Å². The van der Waals surface area contributed by atoms with Crippen molar-refractivity contribution in [1.29, 1.82) is 0 Å². The smallest absolute Gasteiger partial charge is 0.303 e. The average molecular weight is 293 g/mol. The third kappa shape index (κ3) is 6.29. The Hall–Kier alpha value is -2.04. The first-order valence-corrected chi connectivity index (χ1v) is 7.29. The lowest BCUT2D eigenvalue weighted by Gasteiger charge is -2.13. The van der Waals surface area contributed by atoms with E-state index in [0.29, 0.717) is 18.7 Å². The highest BCUT2D eigenvalue weighted by molar-refractivity contribution is 5.94. The Morgan fingerprint density at radius 1 is 1.24 bits per heavy atom. The van der Waals surface area contributed by atoms with Gasteiger partial charge in [-0.05, 0) is 36.6 Å². The second kappa shape index (κ2) is 9.00. The highest BCUT2D eigenvalue weighted by Gasteiger charge is 2.13. The number of benzene rings is 1. The van der Waals surface area contributed by atoms with Gasteiger partial charge in [0.25, 0.3) is 5.91 Å². The van der Waals surface area contributed by atoms with Gasteiger partial charge in [0.05, 0.1) is 6.61 Å². The summed E-state index contributed by atoms with van der Waals surface area (Å²) in [6.45, 7) is 4.97. The van der Waals surface area contributed by atoms with E-state index in [1.807, 2.05) is 13.8 Å². The molecule has 0 aromatic heterocycles. The molecule has 0 spiro atoms.